The number of thioether (sulfide) groups is 1. The summed E-state index contributed by atoms with van der Waals surface area (Å²) in [5, 5.41) is 1.98. The van der Waals surface area contributed by atoms with Gasteiger partial charge >= 0.3 is 17.4 Å². The Bertz CT molecular complexity index is 635. The fourth-order valence-electron chi connectivity index (χ4n) is 1.86. The molecular weight excluding hydrogens is 392 g/mol. The van der Waals surface area contributed by atoms with Crippen LogP contribution in [0.1, 0.15) is 54.4 Å². The number of alkyl carbamates (subject to hydrolysis) is 1. The highest BCUT2D eigenvalue weighted by molar-refractivity contribution is 8.13. The second-order valence-electron chi connectivity index (χ2n) is 7.97. The van der Waals surface area contributed by atoms with Gasteiger partial charge in [-0.2, -0.15) is 0 Å². The lowest BCUT2D eigenvalue weighted by Crippen LogP contribution is -2.48. The average molecular weight is 418 g/mol. The largest absolute Gasteiger partial charge is 0.452 e. The van der Waals surface area contributed by atoms with Gasteiger partial charge in [0.2, 0.25) is 0 Å². The van der Waals surface area contributed by atoms with Crippen molar-refractivity contribution in [3.8, 4) is 0 Å². The van der Waals surface area contributed by atoms with Crippen molar-refractivity contribution in [1.82, 2.24) is 10.4 Å². The van der Waals surface area contributed by atoms with E-state index in [0.29, 0.717) is 16.8 Å². The molecule has 0 aromatic rings. The van der Waals surface area contributed by atoms with Crippen molar-refractivity contribution in [2.75, 3.05) is 5.75 Å². The van der Waals surface area contributed by atoms with Crippen LogP contribution in [0, 0.1) is 0 Å². The molecule has 0 spiro atoms. The number of nitrogens with zero attached hydrogens (tertiary/aromatic N) is 1. The van der Waals surface area contributed by atoms with Crippen LogP contribution in [0.15, 0.2) is 0 Å². The van der Waals surface area contributed by atoms with Crippen LogP contribution in [-0.2, 0) is 28.7 Å². The first kappa shape index (κ1) is 23.7. The lowest BCUT2D eigenvalue weighted by Gasteiger charge is -2.24. The SMILES string of the molecule is CC(C)(C)OC(=O)N[C@@H](CSC(=O)OC(C)(C)C)C(=O)ON1C(=O)CCC1=O. The normalized spacial score (nSPS) is 15.9. The fraction of sp³-hybridized carbons (Fsp3) is 0.706. The van der Waals surface area contributed by atoms with E-state index in [0.717, 1.165) is 0 Å². The van der Waals surface area contributed by atoms with Crippen LogP contribution in [0.5, 0.6) is 0 Å². The Kier molecular flexibility index (Phi) is 7.85. The average Bonchev–Trinajstić information content (AvgIpc) is 2.79. The minimum Gasteiger partial charge on any atom is -0.452 e. The molecule has 0 saturated carbocycles. The molecule has 11 heteroatoms. The molecule has 1 aliphatic heterocycles. The number of nitrogens with one attached hydrogen (secondary N) is 1. The quantitative estimate of drug-likeness (QED) is 0.527. The molecule has 0 unspecified atom stereocenters. The van der Waals surface area contributed by atoms with Crippen LogP contribution in [0.2, 0.25) is 0 Å². The molecule has 1 rings (SSSR count). The van der Waals surface area contributed by atoms with Gasteiger partial charge in [0.05, 0.1) is 0 Å². The van der Waals surface area contributed by atoms with Crippen LogP contribution in [0.4, 0.5) is 9.59 Å². The van der Waals surface area contributed by atoms with E-state index in [1.165, 1.54) is 0 Å². The number of hydrogen-bond donors (Lipinski definition) is 1. The maximum atomic E-state index is 12.4. The summed E-state index contributed by atoms with van der Waals surface area (Å²) in [5.41, 5.74) is -1.55. The minimum absolute atomic E-state index is 0.0665. The number of carbonyl (C=O) groups is 5. The van der Waals surface area contributed by atoms with Gasteiger partial charge in [0, 0.05) is 18.6 Å². The van der Waals surface area contributed by atoms with Crippen molar-refractivity contribution in [3.05, 3.63) is 0 Å². The third-order valence-electron chi connectivity index (χ3n) is 2.92. The molecule has 0 aromatic carbocycles. The molecule has 0 aromatic heterocycles. The first-order chi connectivity index (χ1) is 12.7. The Hall–Kier alpha value is -2.30. The molecule has 1 atom stereocenters. The maximum Gasteiger partial charge on any atom is 0.408 e. The summed E-state index contributed by atoms with van der Waals surface area (Å²) in [7, 11) is 0. The van der Waals surface area contributed by atoms with Gasteiger partial charge in [-0.15, -0.1) is 5.06 Å². The van der Waals surface area contributed by atoms with Gasteiger partial charge in [0.25, 0.3) is 11.8 Å². The Balaban J connectivity index is 2.79. The van der Waals surface area contributed by atoms with Gasteiger partial charge in [-0.05, 0) is 53.3 Å². The lowest BCUT2D eigenvalue weighted by atomic mass is 10.2. The van der Waals surface area contributed by atoms with E-state index in [2.05, 4.69) is 5.32 Å². The molecule has 10 nitrogen and oxygen atoms in total. The Morgan fingerprint density at radius 2 is 1.50 bits per heavy atom. The number of carbonyl (C=O) groups excluding carboxylic acids is 5. The van der Waals surface area contributed by atoms with E-state index >= 15 is 0 Å². The second kappa shape index (κ2) is 9.26. The Labute approximate surface area is 167 Å². The van der Waals surface area contributed by atoms with E-state index in [1.807, 2.05) is 0 Å². The summed E-state index contributed by atoms with van der Waals surface area (Å²) in [6, 6.07) is -1.35. The molecule has 3 amide bonds. The zero-order chi connectivity index (χ0) is 21.7. The monoisotopic (exact) mass is 418 g/mol. The lowest BCUT2D eigenvalue weighted by molar-refractivity contribution is -0.198. The van der Waals surface area contributed by atoms with E-state index in [-0.39, 0.29) is 18.6 Å². The van der Waals surface area contributed by atoms with Gasteiger partial charge in [-0.1, -0.05) is 0 Å². The number of hydrogen-bond acceptors (Lipinski definition) is 9. The van der Waals surface area contributed by atoms with Gasteiger partial charge in [-0.25, -0.2) is 14.4 Å². The van der Waals surface area contributed by atoms with E-state index < -0.39 is 46.4 Å². The summed E-state index contributed by atoms with van der Waals surface area (Å²) in [5.74, 6) is -2.64. The molecule has 1 saturated heterocycles. The number of hydroxylamine groups is 2. The van der Waals surface area contributed by atoms with Crippen LogP contribution in [0.3, 0.4) is 0 Å². The molecule has 158 valence electrons. The van der Waals surface area contributed by atoms with E-state index in [1.54, 1.807) is 41.5 Å². The first-order valence-corrected chi connectivity index (χ1v) is 9.59. The van der Waals surface area contributed by atoms with Gasteiger partial charge < -0.3 is 19.6 Å². The molecule has 1 N–H and O–H groups in total. The maximum absolute atomic E-state index is 12.4. The number of rotatable bonds is 5. The third-order valence-corrected chi connectivity index (χ3v) is 3.74. The molecule has 1 aliphatic rings. The molecule has 0 bridgehead atoms. The summed E-state index contributed by atoms with van der Waals surface area (Å²) in [6.45, 7) is 9.95. The first-order valence-electron chi connectivity index (χ1n) is 8.61. The van der Waals surface area contributed by atoms with Gasteiger partial charge in [0.1, 0.15) is 17.2 Å². The topological polar surface area (TPSA) is 128 Å². The van der Waals surface area contributed by atoms with Crippen molar-refractivity contribution in [2.45, 2.75) is 71.6 Å². The summed E-state index contributed by atoms with van der Waals surface area (Å²) in [4.78, 5) is 64.3. The van der Waals surface area contributed by atoms with E-state index in [4.69, 9.17) is 14.3 Å². The summed E-state index contributed by atoms with van der Waals surface area (Å²) >= 11 is 0.639. The number of ether oxygens (including phenoxy) is 2. The highest BCUT2D eigenvalue weighted by Gasteiger charge is 2.36. The molecule has 0 aliphatic carbocycles. The smallest absolute Gasteiger partial charge is 0.408 e. The van der Waals surface area contributed by atoms with Crippen LogP contribution in [0.25, 0.3) is 0 Å². The van der Waals surface area contributed by atoms with Crippen molar-refractivity contribution in [1.29, 1.82) is 0 Å². The van der Waals surface area contributed by atoms with Crippen molar-refractivity contribution in [3.63, 3.8) is 0 Å². The van der Waals surface area contributed by atoms with Crippen LogP contribution < -0.4 is 5.32 Å². The van der Waals surface area contributed by atoms with Crippen LogP contribution in [-0.4, -0.2) is 57.2 Å². The highest BCUT2D eigenvalue weighted by atomic mass is 32.2. The molecule has 1 fully saturated rings. The standard InChI is InChI=1S/C17H26N2O8S/c1-16(2,3)25-14(23)18-10(9-28-15(24)26-17(4,5)6)13(22)27-19-11(20)7-8-12(19)21/h10H,7-9H2,1-6H3,(H,18,23)/t10-/m0/s1. The number of amides is 3. The molecule has 0 radical (unpaired) electrons. The predicted molar refractivity (Wildman–Crippen MR) is 99.0 cm³/mol. The summed E-state index contributed by atoms with van der Waals surface area (Å²) < 4.78 is 10.2. The Morgan fingerprint density at radius 1 is 1.00 bits per heavy atom. The molecular formula is C17H26N2O8S. The third kappa shape index (κ3) is 8.59. The predicted octanol–water partition coefficient (Wildman–Crippen LogP) is 2.16. The van der Waals surface area contributed by atoms with Gasteiger partial charge in [0.15, 0.2) is 0 Å². The molecule has 1 heterocycles. The van der Waals surface area contributed by atoms with Crippen molar-refractivity contribution in [2.24, 2.45) is 0 Å². The number of imide groups is 1. The minimum atomic E-state index is -1.35. The van der Waals surface area contributed by atoms with Crippen molar-refractivity contribution < 1.29 is 38.3 Å². The zero-order valence-corrected chi connectivity index (χ0v) is 17.6. The summed E-state index contributed by atoms with van der Waals surface area (Å²) in [6.07, 6.45) is -1.05. The fourth-order valence-corrected chi connectivity index (χ4v) is 2.69. The van der Waals surface area contributed by atoms with Gasteiger partial charge in [-0.3, -0.25) is 9.59 Å². The van der Waals surface area contributed by atoms with Crippen molar-refractivity contribution >= 4 is 40.9 Å². The second-order valence-corrected chi connectivity index (χ2v) is 8.92. The highest BCUT2D eigenvalue weighted by Crippen LogP contribution is 2.18. The Morgan fingerprint density at radius 3 is 1.96 bits per heavy atom. The van der Waals surface area contributed by atoms with Crippen LogP contribution >= 0.6 is 11.8 Å². The van der Waals surface area contributed by atoms with E-state index in [9.17, 15) is 24.0 Å². The molecule has 28 heavy (non-hydrogen) atoms. The zero-order valence-electron chi connectivity index (χ0n) is 16.8.